The van der Waals surface area contributed by atoms with E-state index in [1.54, 1.807) is 19.2 Å². The van der Waals surface area contributed by atoms with Crippen LogP contribution in [0.1, 0.15) is 24.4 Å². The zero-order chi connectivity index (χ0) is 18.4. The fraction of sp³-hybridized carbons (Fsp3) is 0.381. The van der Waals surface area contributed by atoms with E-state index < -0.39 is 0 Å². The van der Waals surface area contributed by atoms with Crippen LogP contribution in [0.15, 0.2) is 54.6 Å². The summed E-state index contributed by atoms with van der Waals surface area (Å²) >= 11 is 0. The summed E-state index contributed by atoms with van der Waals surface area (Å²) in [5, 5.41) is 2.93. The van der Waals surface area contributed by atoms with Crippen molar-refractivity contribution in [3.05, 3.63) is 66.0 Å². The van der Waals surface area contributed by atoms with Gasteiger partial charge in [0, 0.05) is 19.4 Å². The number of nitrogens with zero attached hydrogens (tertiary/aromatic N) is 1. The van der Waals surface area contributed by atoms with Gasteiger partial charge in [0.1, 0.15) is 11.9 Å². The van der Waals surface area contributed by atoms with Crippen LogP contribution in [0.5, 0.6) is 0 Å². The summed E-state index contributed by atoms with van der Waals surface area (Å²) in [4.78, 5) is 15.3. The molecule has 0 aliphatic carbocycles. The number of carbonyl (C=O) groups excluding carboxylic acids is 1. The van der Waals surface area contributed by atoms with E-state index in [9.17, 15) is 9.18 Å². The molecule has 1 aliphatic rings. The van der Waals surface area contributed by atoms with Gasteiger partial charge in [0.05, 0.1) is 0 Å². The molecule has 26 heavy (non-hydrogen) atoms. The summed E-state index contributed by atoms with van der Waals surface area (Å²) in [6, 6.07) is 15.3. The SMILES string of the molecule is COCC1CCN([C@@H](C(=O)Nc2ccc(F)cc2)c2ccccc2)CC1. The molecule has 0 unspecified atom stereocenters. The second kappa shape index (κ2) is 8.92. The number of carbonyl (C=O) groups is 1. The molecule has 0 bridgehead atoms. The summed E-state index contributed by atoms with van der Waals surface area (Å²) < 4.78 is 18.4. The van der Waals surface area contributed by atoms with Crippen LogP contribution >= 0.6 is 0 Å². The molecular weight excluding hydrogens is 331 g/mol. The van der Waals surface area contributed by atoms with Crippen molar-refractivity contribution in [3.8, 4) is 0 Å². The lowest BCUT2D eigenvalue weighted by Gasteiger charge is -2.36. The average Bonchev–Trinajstić information content (AvgIpc) is 2.66. The van der Waals surface area contributed by atoms with Crippen LogP contribution in [0.3, 0.4) is 0 Å². The van der Waals surface area contributed by atoms with Gasteiger partial charge in [-0.1, -0.05) is 30.3 Å². The van der Waals surface area contributed by atoms with E-state index >= 15 is 0 Å². The number of rotatable bonds is 6. The Labute approximate surface area is 154 Å². The zero-order valence-electron chi connectivity index (χ0n) is 15.0. The van der Waals surface area contributed by atoms with Gasteiger partial charge < -0.3 is 10.1 Å². The fourth-order valence-corrected chi connectivity index (χ4v) is 3.52. The molecule has 0 aromatic heterocycles. The first-order chi connectivity index (χ1) is 12.7. The van der Waals surface area contributed by atoms with Gasteiger partial charge in [-0.3, -0.25) is 9.69 Å². The van der Waals surface area contributed by atoms with Gasteiger partial charge in [-0.25, -0.2) is 4.39 Å². The minimum absolute atomic E-state index is 0.0898. The number of amides is 1. The van der Waals surface area contributed by atoms with Gasteiger partial charge in [0.2, 0.25) is 5.91 Å². The Balaban J connectivity index is 1.75. The van der Waals surface area contributed by atoms with Crippen LogP contribution in [-0.2, 0) is 9.53 Å². The Bertz CT molecular complexity index is 698. The smallest absolute Gasteiger partial charge is 0.246 e. The molecule has 1 saturated heterocycles. The molecule has 3 rings (SSSR count). The highest BCUT2D eigenvalue weighted by atomic mass is 19.1. The summed E-state index contributed by atoms with van der Waals surface area (Å²) in [5.74, 6) is 0.142. The molecule has 0 saturated carbocycles. The summed E-state index contributed by atoms with van der Waals surface area (Å²) in [5.41, 5.74) is 1.57. The molecule has 1 N–H and O–H groups in total. The highest BCUT2D eigenvalue weighted by molar-refractivity contribution is 5.95. The van der Waals surface area contributed by atoms with Crippen LogP contribution in [0.25, 0.3) is 0 Å². The van der Waals surface area contributed by atoms with Gasteiger partial charge in [-0.15, -0.1) is 0 Å². The van der Waals surface area contributed by atoms with Crippen LogP contribution in [0.2, 0.25) is 0 Å². The number of nitrogens with one attached hydrogen (secondary N) is 1. The van der Waals surface area contributed by atoms with Crippen LogP contribution in [0, 0.1) is 11.7 Å². The first kappa shape index (κ1) is 18.5. The van der Waals surface area contributed by atoms with Gasteiger partial charge in [0.15, 0.2) is 0 Å². The minimum Gasteiger partial charge on any atom is -0.384 e. The number of hydrogen-bond acceptors (Lipinski definition) is 3. The quantitative estimate of drug-likeness (QED) is 0.854. The molecular formula is C21H25FN2O2. The standard InChI is InChI=1S/C21H25FN2O2/c1-26-15-16-11-13-24(14-12-16)20(17-5-3-2-4-6-17)21(25)23-19-9-7-18(22)8-10-19/h2-10,16,20H,11-15H2,1H3,(H,23,25)/t20-/m1/s1. The topological polar surface area (TPSA) is 41.6 Å². The number of likely N-dealkylation sites (tertiary alicyclic amines) is 1. The van der Waals surface area contributed by atoms with E-state index in [1.165, 1.54) is 12.1 Å². The first-order valence-electron chi connectivity index (χ1n) is 9.01. The molecule has 5 heteroatoms. The number of hydrogen-bond donors (Lipinski definition) is 1. The van der Waals surface area contributed by atoms with E-state index in [0.717, 1.165) is 38.1 Å². The maximum absolute atomic E-state index is 13.1. The van der Waals surface area contributed by atoms with Crippen molar-refractivity contribution in [1.82, 2.24) is 4.90 Å². The van der Waals surface area contributed by atoms with Crippen molar-refractivity contribution in [2.75, 3.05) is 32.1 Å². The number of benzene rings is 2. The third-order valence-corrected chi connectivity index (χ3v) is 4.89. The number of anilines is 1. The Hall–Kier alpha value is -2.24. The van der Waals surface area contributed by atoms with Crippen molar-refractivity contribution in [2.45, 2.75) is 18.9 Å². The largest absolute Gasteiger partial charge is 0.384 e. The second-order valence-corrected chi connectivity index (χ2v) is 6.74. The van der Waals surface area contributed by atoms with Gasteiger partial charge in [-0.05, 0) is 61.7 Å². The number of ether oxygens (including phenoxy) is 1. The highest BCUT2D eigenvalue weighted by Crippen LogP contribution is 2.28. The van der Waals surface area contributed by atoms with Crippen molar-refractivity contribution in [1.29, 1.82) is 0 Å². The zero-order valence-corrected chi connectivity index (χ0v) is 15.0. The molecule has 1 aliphatic heterocycles. The summed E-state index contributed by atoms with van der Waals surface area (Å²) in [6.07, 6.45) is 2.03. The minimum atomic E-state index is -0.357. The number of methoxy groups -OCH3 is 1. The van der Waals surface area contributed by atoms with E-state index in [1.807, 2.05) is 30.3 Å². The van der Waals surface area contributed by atoms with E-state index in [0.29, 0.717) is 11.6 Å². The molecule has 0 radical (unpaired) electrons. The van der Waals surface area contributed by atoms with Crippen LogP contribution in [0.4, 0.5) is 10.1 Å². The molecule has 1 heterocycles. The maximum Gasteiger partial charge on any atom is 0.246 e. The predicted octanol–water partition coefficient (Wildman–Crippen LogP) is 3.86. The number of halogens is 1. The van der Waals surface area contributed by atoms with Gasteiger partial charge >= 0.3 is 0 Å². The summed E-state index contributed by atoms with van der Waals surface area (Å²) in [7, 11) is 1.73. The third-order valence-electron chi connectivity index (χ3n) is 4.89. The lowest BCUT2D eigenvalue weighted by atomic mass is 9.94. The van der Waals surface area contributed by atoms with Crippen molar-refractivity contribution >= 4 is 11.6 Å². The lowest BCUT2D eigenvalue weighted by molar-refractivity contribution is -0.122. The molecule has 138 valence electrons. The predicted molar refractivity (Wildman–Crippen MR) is 100 cm³/mol. The van der Waals surface area contributed by atoms with E-state index in [4.69, 9.17) is 4.74 Å². The molecule has 1 amide bonds. The molecule has 2 aromatic carbocycles. The van der Waals surface area contributed by atoms with Crippen molar-refractivity contribution in [3.63, 3.8) is 0 Å². The maximum atomic E-state index is 13.1. The van der Waals surface area contributed by atoms with Crippen LogP contribution < -0.4 is 5.32 Å². The Morgan fingerprint density at radius 3 is 2.42 bits per heavy atom. The fourth-order valence-electron chi connectivity index (χ4n) is 3.52. The van der Waals surface area contributed by atoms with Gasteiger partial charge in [-0.2, -0.15) is 0 Å². The molecule has 0 spiro atoms. The molecule has 2 aromatic rings. The highest BCUT2D eigenvalue weighted by Gasteiger charge is 2.31. The van der Waals surface area contributed by atoms with E-state index in [2.05, 4.69) is 10.2 Å². The number of piperidine rings is 1. The molecule has 1 fully saturated rings. The monoisotopic (exact) mass is 356 g/mol. The molecule has 1 atom stereocenters. The first-order valence-corrected chi connectivity index (χ1v) is 9.01. The second-order valence-electron chi connectivity index (χ2n) is 6.74. The lowest BCUT2D eigenvalue weighted by Crippen LogP contribution is -2.42. The Morgan fingerprint density at radius 1 is 1.15 bits per heavy atom. The third kappa shape index (κ3) is 4.68. The van der Waals surface area contributed by atoms with Crippen molar-refractivity contribution < 1.29 is 13.9 Å². The van der Waals surface area contributed by atoms with E-state index in [-0.39, 0.29) is 17.8 Å². The van der Waals surface area contributed by atoms with Crippen LogP contribution in [-0.4, -0.2) is 37.6 Å². The Kier molecular flexibility index (Phi) is 6.36. The normalized spacial score (nSPS) is 17.0. The molecule has 4 nitrogen and oxygen atoms in total. The summed E-state index contributed by atoms with van der Waals surface area (Å²) in [6.45, 7) is 2.47. The van der Waals surface area contributed by atoms with Crippen molar-refractivity contribution in [2.24, 2.45) is 5.92 Å². The Morgan fingerprint density at radius 2 is 1.81 bits per heavy atom. The van der Waals surface area contributed by atoms with Gasteiger partial charge in [0.25, 0.3) is 0 Å². The average molecular weight is 356 g/mol.